The maximum atomic E-state index is 12.6. The molecule has 0 unspecified atom stereocenters. The summed E-state index contributed by atoms with van der Waals surface area (Å²) >= 11 is 6.11. The molecule has 2 aliphatic carbocycles. The first-order valence-corrected chi connectivity index (χ1v) is 10.4. The van der Waals surface area contributed by atoms with E-state index in [9.17, 15) is 9.59 Å². The van der Waals surface area contributed by atoms with E-state index in [0.717, 1.165) is 38.5 Å². The lowest BCUT2D eigenvalue weighted by atomic mass is 9.78. The van der Waals surface area contributed by atoms with E-state index in [2.05, 4.69) is 0 Å². The Hall–Kier alpha value is -1.79. The molecule has 28 heavy (non-hydrogen) atoms. The van der Waals surface area contributed by atoms with Gasteiger partial charge in [0.2, 0.25) is 5.91 Å². The Morgan fingerprint density at radius 1 is 1.25 bits per heavy atom. The molecule has 6 nitrogen and oxygen atoms in total. The average molecular weight is 409 g/mol. The normalized spacial score (nSPS) is 23.5. The third-order valence-corrected chi connectivity index (χ3v) is 6.62. The highest BCUT2D eigenvalue weighted by Crippen LogP contribution is 2.33. The van der Waals surface area contributed by atoms with E-state index in [1.165, 1.54) is 18.6 Å². The first-order chi connectivity index (χ1) is 13.4. The van der Waals surface area contributed by atoms with E-state index in [-0.39, 0.29) is 17.4 Å². The van der Waals surface area contributed by atoms with Crippen molar-refractivity contribution in [3.63, 3.8) is 0 Å². The van der Waals surface area contributed by atoms with Crippen molar-refractivity contribution in [2.45, 2.75) is 57.0 Å². The summed E-state index contributed by atoms with van der Waals surface area (Å²) in [7, 11) is 1.88. The Morgan fingerprint density at radius 3 is 2.50 bits per heavy atom. The first kappa shape index (κ1) is 20.9. The highest BCUT2D eigenvalue weighted by atomic mass is 35.5. The molecule has 1 atom stereocenters. The third-order valence-electron chi connectivity index (χ3n) is 6.31. The van der Waals surface area contributed by atoms with Crippen LogP contribution >= 0.6 is 11.6 Å². The van der Waals surface area contributed by atoms with Crippen molar-refractivity contribution < 1.29 is 19.4 Å². The summed E-state index contributed by atoms with van der Waals surface area (Å²) in [6.45, 7) is 0.487. The molecule has 0 spiro atoms. The number of likely N-dealkylation sites (N-methyl/N-ethyl adjacent to an activating group) is 1. The maximum absolute atomic E-state index is 12.6. The number of benzene rings is 1. The lowest BCUT2D eigenvalue weighted by molar-refractivity contribution is -0.136. The predicted octanol–water partition coefficient (Wildman–Crippen LogP) is 3.56. The number of nitrogens with two attached hydrogens (primary N) is 1. The fourth-order valence-corrected chi connectivity index (χ4v) is 4.23. The standard InChI is InChI=1S/C21H29ClN2O4/c1-24(16-3-2-4-16)20(25)19(23)14-7-5-13(6-8-14)12-28-18-11-15(21(26)27)9-10-17(18)22/h9-11,13-14,16,19H,2-8,12,23H2,1H3,(H,26,27)/t13?,14?,19-/m0/s1. The van der Waals surface area contributed by atoms with Gasteiger partial charge >= 0.3 is 5.97 Å². The topological polar surface area (TPSA) is 92.9 Å². The summed E-state index contributed by atoms with van der Waals surface area (Å²) in [6.07, 6.45) is 7.06. The van der Waals surface area contributed by atoms with Gasteiger partial charge in [0.25, 0.3) is 0 Å². The molecule has 2 fully saturated rings. The molecule has 1 aromatic rings. The quantitative estimate of drug-likeness (QED) is 0.719. The molecule has 0 aliphatic heterocycles. The fraction of sp³-hybridized carbons (Fsp3) is 0.619. The molecule has 0 heterocycles. The first-order valence-electron chi connectivity index (χ1n) is 10.0. The highest BCUT2D eigenvalue weighted by molar-refractivity contribution is 6.32. The number of amides is 1. The smallest absolute Gasteiger partial charge is 0.335 e. The molecule has 0 saturated heterocycles. The summed E-state index contributed by atoms with van der Waals surface area (Å²) in [5.74, 6) is 0.0320. The van der Waals surface area contributed by atoms with E-state index in [1.54, 1.807) is 6.07 Å². The minimum Gasteiger partial charge on any atom is -0.492 e. The number of hydrogen-bond donors (Lipinski definition) is 2. The second-order valence-electron chi connectivity index (χ2n) is 8.10. The van der Waals surface area contributed by atoms with Crippen LogP contribution in [0.2, 0.25) is 5.02 Å². The minimum atomic E-state index is -1.01. The van der Waals surface area contributed by atoms with Gasteiger partial charge in [0.05, 0.1) is 23.2 Å². The number of carbonyl (C=O) groups is 2. The van der Waals surface area contributed by atoms with Gasteiger partial charge in [-0.15, -0.1) is 0 Å². The molecule has 154 valence electrons. The maximum Gasteiger partial charge on any atom is 0.335 e. The second kappa shape index (κ2) is 9.14. The molecule has 1 amide bonds. The molecule has 1 aromatic carbocycles. The van der Waals surface area contributed by atoms with Gasteiger partial charge in [-0.05, 0) is 75.0 Å². The van der Waals surface area contributed by atoms with Gasteiger partial charge in [-0.1, -0.05) is 11.6 Å². The number of halogens is 1. The average Bonchev–Trinajstić information content (AvgIpc) is 2.65. The summed E-state index contributed by atoms with van der Waals surface area (Å²) in [5.41, 5.74) is 6.44. The number of carboxylic acid groups (broad SMARTS) is 1. The van der Waals surface area contributed by atoms with Crippen LogP contribution in [0.4, 0.5) is 0 Å². The van der Waals surface area contributed by atoms with Crippen molar-refractivity contribution in [1.82, 2.24) is 4.90 Å². The lowest BCUT2D eigenvalue weighted by Crippen LogP contribution is -2.52. The molecule has 0 radical (unpaired) electrons. The molecule has 3 rings (SSSR count). The van der Waals surface area contributed by atoms with E-state index in [4.69, 9.17) is 27.2 Å². The van der Waals surface area contributed by atoms with Crippen LogP contribution in [0.5, 0.6) is 5.75 Å². The zero-order chi connectivity index (χ0) is 20.3. The summed E-state index contributed by atoms with van der Waals surface area (Å²) in [4.78, 5) is 25.6. The summed E-state index contributed by atoms with van der Waals surface area (Å²) < 4.78 is 5.80. The second-order valence-corrected chi connectivity index (χ2v) is 8.51. The number of carboxylic acids is 1. The Bertz CT molecular complexity index is 714. The van der Waals surface area contributed by atoms with Gasteiger partial charge in [-0.3, -0.25) is 4.79 Å². The number of hydrogen-bond acceptors (Lipinski definition) is 4. The zero-order valence-corrected chi connectivity index (χ0v) is 17.0. The van der Waals surface area contributed by atoms with Crippen LogP contribution in [-0.2, 0) is 4.79 Å². The Morgan fingerprint density at radius 2 is 1.93 bits per heavy atom. The monoisotopic (exact) mass is 408 g/mol. The van der Waals surface area contributed by atoms with E-state index >= 15 is 0 Å². The van der Waals surface area contributed by atoms with Crippen LogP contribution < -0.4 is 10.5 Å². The number of ether oxygens (including phenoxy) is 1. The van der Waals surface area contributed by atoms with Crippen LogP contribution in [0.15, 0.2) is 18.2 Å². The fourth-order valence-electron chi connectivity index (χ4n) is 4.06. The molecular formula is C21H29ClN2O4. The van der Waals surface area contributed by atoms with Crippen LogP contribution in [0.3, 0.4) is 0 Å². The molecule has 0 bridgehead atoms. The van der Waals surface area contributed by atoms with Crippen LogP contribution in [0.1, 0.15) is 55.3 Å². The van der Waals surface area contributed by atoms with Gasteiger partial charge in [-0.2, -0.15) is 0 Å². The number of nitrogens with zero attached hydrogens (tertiary/aromatic N) is 1. The van der Waals surface area contributed by atoms with Crippen LogP contribution in [0, 0.1) is 11.8 Å². The number of rotatable bonds is 7. The van der Waals surface area contributed by atoms with E-state index in [1.807, 2.05) is 11.9 Å². The van der Waals surface area contributed by atoms with Crippen molar-refractivity contribution in [1.29, 1.82) is 0 Å². The Labute approximate surface area is 171 Å². The minimum absolute atomic E-state index is 0.0710. The molecule has 2 saturated carbocycles. The van der Waals surface area contributed by atoms with Gasteiger partial charge < -0.3 is 20.5 Å². The SMILES string of the molecule is CN(C(=O)[C@@H](N)C1CCC(COc2cc(C(=O)O)ccc2Cl)CC1)C1CCC1. The van der Waals surface area contributed by atoms with E-state index in [0.29, 0.717) is 29.3 Å². The number of aromatic carboxylic acids is 1. The van der Waals surface area contributed by atoms with Crippen molar-refractivity contribution in [3.8, 4) is 5.75 Å². The number of carbonyl (C=O) groups excluding carboxylic acids is 1. The van der Waals surface area contributed by atoms with Crippen LogP contribution in [-0.4, -0.2) is 47.6 Å². The van der Waals surface area contributed by atoms with Gasteiger partial charge in [0, 0.05) is 13.1 Å². The highest BCUT2D eigenvalue weighted by Gasteiger charge is 2.34. The molecule has 0 aromatic heterocycles. The summed E-state index contributed by atoms with van der Waals surface area (Å²) in [5, 5.41) is 9.50. The molecule has 2 aliphatic rings. The van der Waals surface area contributed by atoms with Crippen molar-refractivity contribution in [2.75, 3.05) is 13.7 Å². The lowest BCUT2D eigenvalue weighted by Gasteiger charge is -2.38. The third kappa shape index (κ3) is 4.78. The predicted molar refractivity (Wildman–Crippen MR) is 108 cm³/mol. The molecule has 7 heteroatoms. The van der Waals surface area contributed by atoms with Gasteiger partial charge in [0.15, 0.2) is 0 Å². The van der Waals surface area contributed by atoms with Crippen molar-refractivity contribution in [2.24, 2.45) is 17.6 Å². The van der Waals surface area contributed by atoms with Crippen molar-refractivity contribution >= 4 is 23.5 Å². The van der Waals surface area contributed by atoms with Crippen molar-refractivity contribution in [3.05, 3.63) is 28.8 Å². The van der Waals surface area contributed by atoms with Gasteiger partial charge in [0.1, 0.15) is 5.75 Å². The zero-order valence-electron chi connectivity index (χ0n) is 16.3. The molecular weight excluding hydrogens is 380 g/mol. The largest absolute Gasteiger partial charge is 0.492 e. The van der Waals surface area contributed by atoms with E-state index < -0.39 is 12.0 Å². The van der Waals surface area contributed by atoms with Crippen LogP contribution in [0.25, 0.3) is 0 Å². The summed E-state index contributed by atoms with van der Waals surface area (Å²) in [6, 6.07) is 4.41. The molecule has 3 N–H and O–H groups in total. The van der Waals surface area contributed by atoms with Gasteiger partial charge in [-0.25, -0.2) is 4.79 Å². The Kier molecular flexibility index (Phi) is 6.83. The Balaban J connectivity index is 1.47.